The summed E-state index contributed by atoms with van der Waals surface area (Å²) >= 11 is 1.29. The van der Waals surface area contributed by atoms with Crippen LogP contribution in [0.25, 0.3) is 0 Å². The van der Waals surface area contributed by atoms with Crippen molar-refractivity contribution in [3.05, 3.63) is 34.8 Å². The average Bonchev–Trinajstić information content (AvgIpc) is 2.57. The number of aryl methyl sites for hydroxylation is 1. The van der Waals surface area contributed by atoms with Crippen molar-refractivity contribution in [2.45, 2.75) is 32.5 Å². The van der Waals surface area contributed by atoms with E-state index < -0.39 is 11.7 Å². The minimum absolute atomic E-state index is 0.391. The van der Waals surface area contributed by atoms with Gasteiger partial charge in [-0.1, -0.05) is 6.92 Å². The van der Waals surface area contributed by atoms with Gasteiger partial charge in [-0.3, -0.25) is 0 Å². The van der Waals surface area contributed by atoms with Crippen molar-refractivity contribution in [3.8, 4) is 0 Å². The third-order valence-electron chi connectivity index (χ3n) is 3.50. The Morgan fingerprint density at radius 2 is 2.23 bits per heavy atom. The number of hydrogen-bond donors (Lipinski definition) is 1. The Bertz CT molecular complexity index is 555. The highest BCUT2D eigenvalue weighted by molar-refractivity contribution is 7.15. The summed E-state index contributed by atoms with van der Waals surface area (Å²) in [5, 5.41) is 4.17. The first-order valence-electron chi connectivity index (χ1n) is 7.26. The van der Waals surface area contributed by atoms with Gasteiger partial charge in [0.05, 0.1) is 5.56 Å². The van der Waals surface area contributed by atoms with Crippen LogP contribution in [0.5, 0.6) is 0 Å². The molecular formula is C15H20F3N3S. The van der Waals surface area contributed by atoms with Gasteiger partial charge in [-0.2, -0.15) is 13.2 Å². The van der Waals surface area contributed by atoms with E-state index in [0.29, 0.717) is 10.9 Å². The van der Waals surface area contributed by atoms with Crippen LogP contribution >= 0.6 is 11.3 Å². The Kier molecular flexibility index (Phi) is 5.63. The van der Waals surface area contributed by atoms with Crippen molar-refractivity contribution < 1.29 is 13.2 Å². The van der Waals surface area contributed by atoms with E-state index in [2.05, 4.69) is 22.1 Å². The smallest absolute Gasteiger partial charge is 0.345 e. The first-order chi connectivity index (χ1) is 10.4. The Morgan fingerprint density at radius 3 is 2.91 bits per heavy atom. The second-order valence-electron chi connectivity index (χ2n) is 5.24. The van der Waals surface area contributed by atoms with E-state index in [4.69, 9.17) is 0 Å². The highest BCUT2D eigenvalue weighted by Gasteiger charge is 2.29. The lowest BCUT2D eigenvalue weighted by Gasteiger charge is -2.33. The van der Waals surface area contributed by atoms with Gasteiger partial charge in [0.25, 0.3) is 0 Å². The molecule has 0 radical (unpaired) electrons. The molecule has 1 N–H and O–H groups in total. The maximum absolute atomic E-state index is 12.9. The third kappa shape index (κ3) is 4.58. The summed E-state index contributed by atoms with van der Waals surface area (Å²) in [6, 6.07) is 3.97. The van der Waals surface area contributed by atoms with Crippen LogP contribution in [-0.2, 0) is 6.18 Å². The average molecular weight is 331 g/mol. The number of rotatable bonds is 2. The summed E-state index contributed by atoms with van der Waals surface area (Å²) in [7, 11) is 0. The van der Waals surface area contributed by atoms with E-state index in [1.54, 1.807) is 6.92 Å². The fourth-order valence-electron chi connectivity index (χ4n) is 2.32. The molecule has 0 bridgehead atoms. The molecule has 0 spiro atoms. The van der Waals surface area contributed by atoms with Crippen molar-refractivity contribution in [2.75, 3.05) is 24.5 Å². The zero-order valence-electron chi connectivity index (χ0n) is 12.7. The summed E-state index contributed by atoms with van der Waals surface area (Å²) in [4.78, 5) is 7.06. The SMILES string of the molecule is CCC1CN(c2ncccc(C(F)(F)F)cc(C)s2)CCN1. The van der Waals surface area contributed by atoms with Crippen LogP contribution in [0.3, 0.4) is 0 Å². The summed E-state index contributed by atoms with van der Waals surface area (Å²) in [5.41, 5.74) is -0.656. The van der Waals surface area contributed by atoms with Crippen LogP contribution in [-0.4, -0.2) is 30.7 Å². The first kappa shape index (κ1) is 17.0. The first-order valence-corrected chi connectivity index (χ1v) is 8.08. The molecule has 1 atom stereocenters. The van der Waals surface area contributed by atoms with E-state index in [-0.39, 0.29) is 0 Å². The van der Waals surface area contributed by atoms with E-state index in [9.17, 15) is 13.2 Å². The minimum Gasteiger partial charge on any atom is -0.345 e. The second kappa shape index (κ2) is 7.28. The topological polar surface area (TPSA) is 28.2 Å². The number of anilines is 1. The zero-order valence-corrected chi connectivity index (χ0v) is 13.5. The van der Waals surface area contributed by atoms with Gasteiger partial charge in [0.15, 0.2) is 5.13 Å². The minimum atomic E-state index is -4.35. The fourth-order valence-corrected chi connectivity index (χ4v) is 3.20. The molecule has 1 aliphatic heterocycles. The summed E-state index contributed by atoms with van der Waals surface area (Å²) in [6.45, 7) is 6.29. The lowest BCUT2D eigenvalue weighted by atomic mass is 10.2. The zero-order chi connectivity index (χ0) is 16.2. The standard InChI is InChI=1S/C15H20F3N3S/c1-3-13-10-21(8-7-19-13)14-20-6-4-5-12(15(16,17)18)9-11(2)22-14/h4-6,9,13,19H,3,7-8,10H2,1-2H3. The van der Waals surface area contributed by atoms with Crippen LogP contribution in [0.2, 0.25) is 0 Å². The highest BCUT2D eigenvalue weighted by Crippen LogP contribution is 2.30. The number of halogens is 3. The van der Waals surface area contributed by atoms with E-state index in [1.165, 1.54) is 29.7 Å². The van der Waals surface area contributed by atoms with Crippen molar-refractivity contribution >= 4 is 16.5 Å². The van der Waals surface area contributed by atoms with Gasteiger partial charge in [-0.25, -0.2) is 4.98 Å². The fraction of sp³-hybridized carbons (Fsp3) is 0.533. The summed E-state index contributed by atoms with van der Waals surface area (Å²) in [6.07, 6.45) is -1.90. The van der Waals surface area contributed by atoms with E-state index in [0.717, 1.165) is 37.3 Å². The van der Waals surface area contributed by atoms with Crippen molar-refractivity contribution in [3.63, 3.8) is 0 Å². The number of aromatic nitrogens is 1. The number of hydrogen-bond acceptors (Lipinski definition) is 4. The maximum atomic E-state index is 12.9. The quantitative estimate of drug-likeness (QED) is 0.894. The lowest BCUT2D eigenvalue weighted by Crippen LogP contribution is -2.50. The van der Waals surface area contributed by atoms with Crippen LogP contribution < -0.4 is 10.2 Å². The molecule has 1 aliphatic rings. The van der Waals surface area contributed by atoms with E-state index >= 15 is 0 Å². The van der Waals surface area contributed by atoms with Gasteiger partial charge in [0, 0.05) is 36.8 Å². The Morgan fingerprint density at radius 1 is 1.45 bits per heavy atom. The molecule has 2 rings (SSSR count). The van der Waals surface area contributed by atoms with Crippen LogP contribution in [0, 0.1) is 6.92 Å². The molecule has 0 amide bonds. The highest BCUT2D eigenvalue weighted by atomic mass is 32.1. The molecule has 1 aromatic rings. The monoisotopic (exact) mass is 331 g/mol. The maximum Gasteiger partial charge on any atom is 0.416 e. The lowest BCUT2D eigenvalue weighted by molar-refractivity contribution is -0.137. The Labute approximate surface area is 132 Å². The third-order valence-corrected chi connectivity index (χ3v) is 4.49. The molecule has 0 saturated carbocycles. The largest absolute Gasteiger partial charge is 0.416 e. The molecule has 2 heterocycles. The van der Waals surface area contributed by atoms with Crippen molar-refractivity contribution in [2.24, 2.45) is 0 Å². The van der Waals surface area contributed by atoms with Crippen LogP contribution in [0.4, 0.5) is 18.3 Å². The Balaban J connectivity index is 2.37. The van der Waals surface area contributed by atoms with Crippen LogP contribution in [0.1, 0.15) is 23.8 Å². The van der Waals surface area contributed by atoms with Crippen molar-refractivity contribution in [1.29, 1.82) is 0 Å². The second-order valence-corrected chi connectivity index (χ2v) is 6.45. The molecule has 3 nitrogen and oxygen atoms in total. The molecular weight excluding hydrogens is 311 g/mol. The molecule has 0 aliphatic carbocycles. The number of alkyl halides is 3. The van der Waals surface area contributed by atoms with Gasteiger partial charge in [-0.15, -0.1) is 11.3 Å². The molecule has 122 valence electrons. The van der Waals surface area contributed by atoms with Gasteiger partial charge in [0.2, 0.25) is 0 Å². The predicted octanol–water partition coefficient (Wildman–Crippen LogP) is 3.78. The molecule has 0 aromatic carbocycles. The number of nitrogens with zero attached hydrogens (tertiary/aromatic N) is 2. The normalized spacial score (nSPS) is 19.0. The molecule has 1 aromatic heterocycles. The Hall–Kier alpha value is -1.34. The molecule has 1 unspecified atom stereocenters. The van der Waals surface area contributed by atoms with Gasteiger partial charge < -0.3 is 10.2 Å². The van der Waals surface area contributed by atoms with Crippen LogP contribution in [0.15, 0.2) is 24.4 Å². The molecule has 1 fully saturated rings. The molecule has 7 heteroatoms. The van der Waals surface area contributed by atoms with E-state index in [1.807, 2.05) is 0 Å². The van der Waals surface area contributed by atoms with Gasteiger partial charge in [-0.05, 0) is 31.5 Å². The van der Waals surface area contributed by atoms with Crippen molar-refractivity contribution in [1.82, 2.24) is 10.3 Å². The summed E-state index contributed by atoms with van der Waals surface area (Å²) in [5.74, 6) is 0. The predicted molar refractivity (Wildman–Crippen MR) is 83.8 cm³/mol. The molecule has 1 saturated heterocycles. The summed E-state index contributed by atoms with van der Waals surface area (Å²) < 4.78 is 38.7. The number of nitrogens with one attached hydrogen (secondary N) is 1. The van der Waals surface area contributed by atoms with Gasteiger partial charge in [0.1, 0.15) is 0 Å². The van der Waals surface area contributed by atoms with Gasteiger partial charge >= 0.3 is 6.18 Å². The molecule has 22 heavy (non-hydrogen) atoms. The number of piperazine rings is 1.